The molecule has 8 nitrogen and oxygen atoms in total. The third-order valence-electron chi connectivity index (χ3n) is 6.07. The molecule has 1 aromatic heterocycles. The molecule has 3 rings (SSSR count). The summed E-state index contributed by atoms with van der Waals surface area (Å²) in [5.74, 6) is 1.82. The number of alkyl carbamates (subject to hydrolysis) is 1. The molecular weight excluding hydrogens is 346 g/mol. The van der Waals surface area contributed by atoms with Gasteiger partial charge in [-0.05, 0) is 63.8 Å². The van der Waals surface area contributed by atoms with Crippen LogP contribution >= 0.6 is 0 Å². The zero-order chi connectivity index (χ0) is 19.2. The minimum Gasteiger partial charge on any atom is -0.449 e. The summed E-state index contributed by atoms with van der Waals surface area (Å²) in [6.45, 7) is 4.32. The molecule has 0 bridgehead atoms. The molecule has 1 heterocycles. The molecule has 2 aliphatic rings. The lowest BCUT2D eigenvalue weighted by Gasteiger charge is -2.10. The van der Waals surface area contributed by atoms with Gasteiger partial charge in [-0.2, -0.15) is 0 Å². The topological polar surface area (TPSA) is 90.3 Å². The number of nitrogens with zero attached hydrogens (tertiary/aromatic N) is 3. The van der Waals surface area contributed by atoms with Crippen LogP contribution in [0.2, 0.25) is 0 Å². The fraction of sp³-hybridized carbons (Fsp3) is 0.842. The first-order chi connectivity index (χ1) is 13.1. The number of aromatic nitrogens is 3. The number of rotatable bonds is 9. The van der Waals surface area contributed by atoms with Gasteiger partial charge in [-0.15, -0.1) is 5.10 Å². The van der Waals surface area contributed by atoms with E-state index < -0.39 is 0 Å². The molecule has 0 aliphatic heterocycles. The Morgan fingerprint density at radius 2 is 2.07 bits per heavy atom. The number of amides is 1. The van der Waals surface area contributed by atoms with Gasteiger partial charge < -0.3 is 20.1 Å². The predicted molar refractivity (Wildman–Crippen MR) is 101 cm³/mol. The van der Waals surface area contributed by atoms with Crippen LogP contribution in [0.1, 0.15) is 37.6 Å². The molecule has 8 heteroatoms. The number of aryl methyl sites for hydroxylation is 2. The smallest absolute Gasteiger partial charge is 0.407 e. The van der Waals surface area contributed by atoms with Gasteiger partial charge in [-0.25, -0.2) is 4.79 Å². The maximum Gasteiger partial charge on any atom is 0.407 e. The molecule has 4 atom stereocenters. The van der Waals surface area contributed by atoms with Crippen LogP contribution in [0.15, 0.2) is 0 Å². The van der Waals surface area contributed by atoms with Crippen LogP contribution in [0.25, 0.3) is 0 Å². The fourth-order valence-electron chi connectivity index (χ4n) is 4.11. The van der Waals surface area contributed by atoms with E-state index in [1.807, 2.05) is 18.8 Å². The van der Waals surface area contributed by atoms with Crippen molar-refractivity contribution in [3.05, 3.63) is 11.4 Å². The van der Waals surface area contributed by atoms with Crippen molar-refractivity contribution in [2.24, 2.45) is 24.8 Å². The normalized spacial score (nSPS) is 24.9. The van der Waals surface area contributed by atoms with Crippen LogP contribution in [0.4, 0.5) is 4.79 Å². The molecule has 1 aromatic rings. The molecule has 152 valence electrons. The van der Waals surface area contributed by atoms with E-state index >= 15 is 0 Å². The number of nitrogens with one attached hydrogen (secondary N) is 2. The van der Waals surface area contributed by atoms with Crippen molar-refractivity contribution >= 4 is 6.09 Å². The van der Waals surface area contributed by atoms with Gasteiger partial charge in [0, 0.05) is 26.2 Å². The lowest BCUT2D eigenvalue weighted by Crippen LogP contribution is -2.29. The van der Waals surface area contributed by atoms with Crippen LogP contribution in [0.3, 0.4) is 0 Å². The molecule has 2 N–H and O–H groups in total. The lowest BCUT2D eigenvalue weighted by molar-refractivity contribution is 0.114. The van der Waals surface area contributed by atoms with E-state index in [0.717, 1.165) is 37.8 Å². The molecule has 2 aliphatic carbocycles. The van der Waals surface area contributed by atoms with Crippen LogP contribution in [0.5, 0.6) is 0 Å². The number of carbonyl (C=O) groups excluding carboxylic acids is 1. The summed E-state index contributed by atoms with van der Waals surface area (Å²) in [4.78, 5) is 11.9. The first-order valence-corrected chi connectivity index (χ1v) is 10.1. The summed E-state index contributed by atoms with van der Waals surface area (Å²) < 4.78 is 12.8. The highest BCUT2D eigenvalue weighted by Gasteiger charge is 2.50. The zero-order valence-corrected chi connectivity index (χ0v) is 16.7. The average molecular weight is 380 g/mol. The molecule has 0 spiro atoms. The van der Waals surface area contributed by atoms with E-state index in [2.05, 4.69) is 27.9 Å². The highest BCUT2D eigenvalue weighted by molar-refractivity contribution is 5.67. The van der Waals surface area contributed by atoms with Gasteiger partial charge in [0.1, 0.15) is 0 Å². The van der Waals surface area contributed by atoms with Gasteiger partial charge in [-0.1, -0.05) is 5.21 Å². The molecule has 1 fully saturated rings. The highest BCUT2D eigenvalue weighted by Crippen LogP contribution is 2.52. The van der Waals surface area contributed by atoms with Gasteiger partial charge in [0.25, 0.3) is 0 Å². The van der Waals surface area contributed by atoms with Gasteiger partial charge in [-0.3, -0.25) is 4.68 Å². The van der Waals surface area contributed by atoms with Gasteiger partial charge >= 0.3 is 6.09 Å². The number of ether oxygens (including phenoxy) is 2. The Morgan fingerprint density at radius 1 is 1.30 bits per heavy atom. The summed E-state index contributed by atoms with van der Waals surface area (Å²) in [6.07, 6.45) is 4.87. The van der Waals surface area contributed by atoms with E-state index in [9.17, 15) is 4.79 Å². The maximum atomic E-state index is 11.9. The van der Waals surface area contributed by atoms with Crippen molar-refractivity contribution in [3.8, 4) is 0 Å². The second kappa shape index (κ2) is 9.50. The molecule has 27 heavy (non-hydrogen) atoms. The molecular formula is C19H33N5O3. The Labute approximate surface area is 161 Å². The van der Waals surface area contributed by atoms with Crippen LogP contribution < -0.4 is 10.6 Å². The molecule has 4 unspecified atom stereocenters. The van der Waals surface area contributed by atoms with E-state index in [0.29, 0.717) is 50.2 Å². The molecule has 0 saturated heterocycles. The third-order valence-corrected chi connectivity index (χ3v) is 6.07. The second-order valence-corrected chi connectivity index (χ2v) is 7.79. The Hall–Kier alpha value is -1.67. The molecule has 0 radical (unpaired) electrons. The Balaban J connectivity index is 1.27. The predicted octanol–water partition coefficient (Wildman–Crippen LogP) is 1.30. The third kappa shape index (κ3) is 5.42. The first-order valence-electron chi connectivity index (χ1n) is 10.1. The number of hydrogen-bond donors (Lipinski definition) is 2. The highest BCUT2D eigenvalue weighted by atomic mass is 16.5. The van der Waals surface area contributed by atoms with Crippen molar-refractivity contribution in [1.82, 2.24) is 25.6 Å². The van der Waals surface area contributed by atoms with Crippen molar-refractivity contribution < 1.29 is 14.3 Å². The van der Waals surface area contributed by atoms with Gasteiger partial charge in [0.05, 0.1) is 24.6 Å². The van der Waals surface area contributed by atoms with Gasteiger partial charge in [0.15, 0.2) is 0 Å². The average Bonchev–Trinajstić information content (AvgIpc) is 3.19. The standard InChI is InChI=1S/C19H33N5O3/c1-13(20-2)8-10-26-11-9-21-19(25)27-12-16-14-4-6-17-18(7-5-15(14)16)24(3)23-22-17/h13-16,20H,4-12H2,1-3H3,(H,21,25). The van der Waals surface area contributed by atoms with Crippen molar-refractivity contribution in [1.29, 1.82) is 0 Å². The summed E-state index contributed by atoms with van der Waals surface area (Å²) in [5.41, 5.74) is 2.41. The van der Waals surface area contributed by atoms with Crippen LogP contribution in [-0.2, 0) is 29.4 Å². The Kier molecular flexibility index (Phi) is 7.07. The minimum atomic E-state index is -0.337. The van der Waals surface area contributed by atoms with Gasteiger partial charge in [0.2, 0.25) is 0 Å². The monoisotopic (exact) mass is 379 g/mol. The summed E-state index contributed by atoms with van der Waals surface area (Å²) in [5, 5.41) is 14.4. The SMILES string of the molecule is CNC(C)CCOCCNC(=O)OCC1C2CCc3nnn(C)c3CCC21. The maximum absolute atomic E-state index is 11.9. The zero-order valence-electron chi connectivity index (χ0n) is 16.7. The van der Waals surface area contributed by atoms with Crippen molar-refractivity contribution in [3.63, 3.8) is 0 Å². The van der Waals surface area contributed by atoms with E-state index in [1.54, 1.807) is 0 Å². The number of fused-ring (bicyclic) bond motifs is 2. The first kappa shape index (κ1) is 20.1. The van der Waals surface area contributed by atoms with Crippen molar-refractivity contribution in [2.75, 3.05) is 33.4 Å². The van der Waals surface area contributed by atoms with Crippen LogP contribution in [-0.4, -0.2) is 60.5 Å². The van der Waals surface area contributed by atoms with E-state index in [1.165, 1.54) is 5.69 Å². The fourth-order valence-corrected chi connectivity index (χ4v) is 4.11. The molecule has 1 amide bonds. The molecule has 1 saturated carbocycles. The van der Waals surface area contributed by atoms with E-state index in [4.69, 9.17) is 9.47 Å². The lowest BCUT2D eigenvalue weighted by atomic mass is 10.0. The largest absolute Gasteiger partial charge is 0.449 e. The van der Waals surface area contributed by atoms with Crippen molar-refractivity contribution in [2.45, 2.75) is 45.1 Å². The quantitative estimate of drug-likeness (QED) is 0.629. The van der Waals surface area contributed by atoms with Crippen LogP contribution in [0, 0.1) is 17.8 Å². The summed E-state index contributed by atoms with van der Waals surface area (Å²) >= 11 is 0. The second-order valence-electron chi connectivity index (χ2n) is 7.79. The number of carbonyl (C=O) groups is 1. The molecule has 0 aromatic carbocycles. The minimum absolute atomic E-state index is 0.337. The Morgan fingerprint density at radius 3 is 2.85 bits per heavy atom. The Bertz CT molecular complexity index is 620. The van der Waals surface area contributed by atoms with E-state index in [-0.39, 0.29) is 6.09 Å². The summed E-state index contributed by atoms with van der Waals surface area (Å²) in [6, 6.07) is 0.443. The summed E-state index contributed by atoms with van der Waals surface area (Å²) in [7, 11) is 3.91. The number of hydrogen-bond acceptors (Lipinski definition) is 6.